The second-order valence-corrected chi connectivity index (χ2v) is 12.3. The first-order chi connectivity index (χ1) is 23.5. The fourth-order valence-electron chi connectivity index (χ4n) is 6.62. The Morgan fingerprint density at radius 3 is 1.73 bits per heavy atom. The largest absolute Gasteiger partial charge is 0.508 e. The Balaban J connectivity index is 1.27. The minimum Gasteiger partial charge on any atom is -0.508 e. The van der Waals surface area contributed by atoms with Crippen LogP contribution in [0.15, 0.2) is 84.9 Å². The van der Waals surface area contributed by atoms with Crippen molar-refractivity contribution in [1.29, 1.82) is 0 Å². The fourth-order valence-corrected chi connectivity index (χ4v) is 6.62. The number of hydrogen-bond acceptors (Lipinski definition) is 5. The highest BCUT2D eigenvalue weighted by Crippen LogP contribution is 2.33. The van der Waals surface area contributed by atoms with E-state index >= 15 is 0 Å². The number of phenolic OH excluding ortho intramolecular Hbond substituents is 1. The zero-order valence-electron chi connectivity index (χ0n) is 27.7. The normalized spacial score (nSPS) is 12.9. The third-order valence-electron chi connectivity index (χ3n) is 9.17. The molecule has 0 saturated heterocycles. The first kappa shape index (κ1) is 31.2. The van der Waals surface area contributed by atoms with Gasteiger partial charge in [0.15, 0.2) is 0 Å². The molecule has 2 aliphatic rings. The van der Waals surface area contributed by atoms with Crippen molar-refractivity contribution in [2.45, 2.75) is 39.7 Å². The highest BCUT2D eigenvalue weighted by molar-refractivity contribution is 5.93. The molecule has 5 heterocycles. The van der Waals surface area contributed by atoms with Crippen LogP contribution < -0.4 is 4.74 Å². The molecule has 2 aromatic carbocycles. The van der Waals surface area contributed by atoms with Crippen LogP contribution >= 0.6 is 0 Å². The Bertz CT molecular complexity index is 2130. The fraction of sp³-hybridized carbons (Fsp3) is 0.220. The number of aromatic nitrogens is 4. The number of aromatic amines is 2. The lowest BCUT2D eigenvalue weighted by atomic mass is 10.0. The molecule has 8 bridgehead atoms. The van der Waals surface area contributed by atoms with Crippen molar-refractivity contribution in [3.63, 3.8) is 0 Å². The van der Waals surface area contributed by atoms with Crippen molar-refractivity contribution in [3.05, 3.63) is 108 Å². The van der Waals surface area contributed by atoms with Gasteiger partial charge in [0.1, 0.15) is 11.5 Å². The predicted molar refractivity (Wildman–Crippen MR) is 199 cm³/mol. The second kappa shape index (κ2) is 13.8. The van der Waals surface area contributed by atoms with Crippen molar-refractivity contribution in [2.75, 3.05) is 19.7 Å². The van der Waals surface area contributed by atoms with Gasteiger partial charge in [0.25, 0.3) is 0 Å². The number of phenols is 1. The van der Waals surface area contributed by atoms with Crippen LogP contribution in [-0.2, 0) is 0 Å². The molecule has 0 fully saturated rings. The van der Waals surface area contributed by atoms with Crippen LogP contribution in [0.5, 0.6) is 11.5 Å². The number of fused-ring (bicyclic) bond motifs is 8. The van der Waals surface area contributed by atoms with E-state index in [1.54, 1.807) is 12.1 Å². The number of hydrogen-bond donors (Lipinski definition) is 3. The lowest BCUT2D eigenvalue weighted by Crippen LogP contribution is -2.32. The summed E-state index contributed by atoms with van der Waals surface area (Å²) in [6, 6.07) is 28.6. The minimum absolute atomic E-state index is 0.227. The third kappa shape index (κ3) is 6.68. The lowest BCUT2D eigenvalue weighted by Gasteiger charge is -2.26. The molecule has 48 heavy (non-hydrogen) atoms. The van der Waals surface area contributed by atoms with Gasteiger partial charge in [-0.25, -0.2) is 9.97 Å². The molecule has 1 atom stereocenters. The molecule has 3 N–H and O–H groups in total. The molecule has 1 unspecified atom stereocenters. The molecule has 5 aromatic rings. The monoisotopic (exact) mass is 635 g/mol. The van der Waals surface area contributed by atoms with Crippen LogP contribution in [-0.4, -0.2) is 55.7 Å². The first-order valence-corrected chi connectivity index (χ1v) is 16.8. The molecule has 7 heteroatoms. The van der Waals surface area contributed by atoms with E-state index in [0.717, 1.165) is 98.8 Å². The molecule has 2 aliphatic heterocycles. The van der Waals surface area contributed by atoms with Crippen LogP contribution in [0.2, 0.25) is 0 Å². The quantitative estimate of drug-likeness (QED) is 0.130. The molecular formula is C41H41N5O2. The molecule has 7 rings (SSSR count). The zero-order chi connectivity index (χ0) is 33.0. The Hall–Kier alpha value is -5.40. The number of ether oxygens (including phenoxy) is 1. The van der Waals surface area contributed by atoms with Gasteiger partial charge < -0.3 is 24.7 Å². The highest BCUT2D eigenvalue weighted by atomic mass is 16.5. The van der Waals surface area contributed by atoms with Gasteiger partial charge in [-0.15, -0.1) is 0 Å². The van der Waals surface area contributed by atoms with Gasteiger partial charge in [-0.3, -0.25) is 0 Å². The maximum atomic E-state index is 9.93. The van der Waals surface area contributed by atoms with Crippen molar-refractivity contribution >= 4 is 46.4 Å². The van der Waals surface area contributed by atoms with Crippen molar-refractivity contribution in [2.24, 2.45) is 0 Å². The van der Waals surface area contributed by atoms with Crippen LogP contribution in [0.1, 0.15) is 56.4 Å². The molecule has 0 spiro atoms. The molecule has 7 nitrogen and oxygen atoms in total. The molecule has 0 amide bonds. The average Bonchev–Trinajstić information content (AvgIpc) is 3.92. The van der Waals surface area contributed by atoms with E-state index in [2.05, 4.69) is 108 Å². The zero-order valence-corrected chi connectivity index (χ0v) is 27.7. The Labute approximate surface area is 281 Å². The number of nitrogens with zero attached hydrogens (tertiary/aromatic N) is 3. The highest BCUT2D eigenvalue weighted by Gasteiger charge is 2.14. The van der Waals surface area contributed by atoms with E-state index in [9.17, 15) is 5.11 Å². The van der Waals surface area contributed by atoms with E-state index in [4.69, 9.17) is 14.7 Å². The number of rotatable bonds is 10. The molecule has 0 saturated carbocycles. The standard InChI is InChI=1S/C41H41N5O2/c1-4-46(5-2)27(3)7-6-24-48-35-18-10-29(11-19-35)41-38-22-14-32(44-38)25-30-12-20-36(42-30)40(28-8-16-34(47)17-9-28)37-21-13-31(43-37)26-33-15-23-39(41)45-33/h8-23,25-27,42,45,47H,4-7,24H2,1-3H3. The summed E-state index contributed by atoms with van der Waals surface area (Å²) >= 11 is 0. The SMILES string of the molecule is CCN(CC)C(C)CCCOc1ccc(-c2c3nc(cc4ccc([nH]4)c(-c4ccc(O)cc4)c4nc(cc5ccc2[nH]5)C=C4)C=C3)cc1. The van der Waals surface area contributed by atoms with E-state index in [-0.39, 0.29) is 5.75 Å². The Morgan fingerprint density at radius 2 is 1.21 bits per heavy atom. The van der Waals surface area contributed by atoms with Gasteiger partial charge in [0.2, 0.25) is 0 Å². The van der Waals surface area contributed by atoms with E-state index < -0.39 is 0 Å². The lowest BCUT2D eigenvalue weighted by molar-refractivity contribution is 0.205. The number of aromatic hydroxyl groups is 1. The van der Waals surface area contributed by atoms with Gasteiger partial charge in [-0.1, -0.05) is 38.1 Å². The summed E-state index contributed by atoms with van der Waals surface area (Å²) in [6.45, 7) is 9.61. The Kier molecular flexibility index (Phi) is 8.95. The summed E-state index contributed by atoms with van der Waals surface area (Å²) in [7, 11) is 0. The van der Waals surface area contributed by atoms with Crippen LogP contribution in [0.25, 0.3) is 68.6 Å². The van der Waals surface area contributed by atoms with Gasteiger partial charge >= 0.3 is 0 Å². The van der Waals surface area contributed by atoms with Gasteiger partial charge in [0, 0.05) is 39.2 Å². The summed E-state index contributed by atoms with van der Waals surface area (Å²) < 4.78 is 6.15. The molecule has 0 aliphatic carbocycles. The van der Waals surface area contributed by atoms with Gasteiger partial charge in [0.05, 0.1) is 29.4 Å². The van der Waals surface area contributed by atoms with E-state index in [1.807, 2.05) is 24.3 Å². The molecule has 3 aromatic heterocycles. The molecular weight excluding hydrogens is 594 g/mol. The maximum Gasteiger partial charge on any atom is 0.119 e. The minimum atomic E-state index is 0.227. The summed E-state index contributed by atoms with van der Waals surface area (Å²) in [6.07, 6.45) is 10.3. The summed E-state index contributed by atoms with van der Waals surface area (Å²) in [4.78, 5) is 19.7. The average molecular weight is 636 g/mol. The third-order valence-corrected chi connectivity index (χ3v) is 9.17. The van der Waals surface area contributed by atoms with Gasteiger partial charge in [-0.2, -0.15) is 0 Å². The summed E-state index contributed by atoms with van der Waals surface area (Å²) in [5.74, 6) is 1.10. The maximum absolute atomic E-state index is 9.93. The van der Waals surface area contributed by atoms with Gasteiger partial charge in [-0.05, 0) is 129 Å². The first-order valence-electron chi connectivity index (χ1n) is 16.8. The van der Waals surface area contributed by atoms with Crippen LogP contribution in [0, 0.1) is 0 Å². The topological polar surface area (TPSA) is 90.1 Å². The van der Waals surface area contributed by atoms with E-state index in [0.29, 0.717) is 12.6 Å². The van der Waals surface area contributed by atoms with Crippen molar-refractivity contribution in [1.82, 2.24) is 24.8 Å². The van der Waals surface area contributed by atoms with Crippen molar-refractivity contribution < 1.29 is 9.84 Å². The predicted octanol–water partition coefficient (Wildman–Crippen LogP) is 9.58. The van der Waals surface area contributed by atoms with E-state index in [1.165, 1.54) is 0 Å². The Morgan fingerprint density at radius 1 is 0.688 bits per heavy atom. The second-order valence-electron chi connectivity index (χ2n) is 12.3. The van der Waals surface area contributed by atoms with Crippen LogP contribution in [0.4, 0.5) is 0 Å². The number of H-pyrrole nitrogens is 2. The van der Waals surface area contributed by atoms with Crippen molar-refractivity contribution in [3.8, 4) is 33.8 Å². The summed E-state index contributed by atoms with van der Waals surface area (Å²) in [5.41, 5.74) is 11.2. The smallest absolute Gasteiger partial charge is 0.119 e. The summed E-state index contributed by atoms with van der Waals surface area (Å²) in [5, 5.41) is 9.93. The number of nitrogens with one attached hydrogen (secondary N) is 2. The molecule has 0 radical (unpaired) electrons. The molecule has 242 valence electrons. The van der Waals surface area contributed by atoms with Crippen LogP contribution in [0.3, 0.4) is 0 Å². The number of benzene rings is 2.